The van der Waals surface area contributed by atoms with E-state index < -0.39 is 11.2 Å². The normalized spacial score (nSPS) is 12.4. The van der Waals surface area contributed by atoms with Gasteiger partial charge in [-0.05, 0) is 18.6 Å². The lowest BCUT2D eigenvalue weighted by molar-refractivity contribution is -0.136. The Morgan fingerprint density at radius 2 is 2.21 bits per heavy atom. The van der Waals surface area contributed by atoms with E-state index in [9.17, 15) is 4.79 Å². The van der Waals surface area contributed by atoms with Gasteiger partial charge in [0.25, 0.3) is 0 Å². The van der Waals surface area contributed by atoms with Crippen LogP contribution in [0, 0.1) is 0 Å². The highest BCUT2D eigenvalue weighted by Crippen LogP contribution is 2.29. The summed E-state index contributed by atoms with van der Waals surface area (Å²) in [4.78, 5) is 11.6. The number of carboxylic acids is 1. The van der Waals surface area contributed by atoms with E-state index in [0.717, 1.165) is 4.90 Å². The molecule has 1 aromatic carbocycles. The molecule has 0 radical (unpaired) electrons. The first-order chi connectivity index (χ1) is 6.65. The Morgan fingerprint density at radius 1 is 1.57 bits per heavy atom. The van der Waals surface area contributed by atoms with Gasteiger partial charge in [-0.25, -0.2) is 0 Å². The minimum absolute atomic E-state index is 0.417. The Balaban J connectivity index is 2.77. The number of rotatable bonds is 4. The summed E-state index contributed by atoms with van der Waals surface area (Å²) in [7, 11) is 0. The molecule has 0 aliphatic rings. The molecule has 0 heterocycles. The monoisotopic (exact) mass is 211 g/mol. The highest BCUT2D eigenvalue weighted by molar-refractivity contribution is 8.00. The summed E-state index contributed by atoms with van der Waals surface area (Å²) >= 11 is 1.30. The number of nitrogen functional groups attached to an aromatic ring is 1. The van der Waals surface area contributed by atoms with Crippen LogP contribution in [0.25, 0.3) is 0 Å². The molecule has 0 spiro atoms. The van der Waals surface area contributed by atoms with Crippen molar-refractivity contribution in [3.8, 4) is 0 Å². The minimum Gasteiger partial charge on any atom is -0.480 e. The van der Waals surface area contributed by atoms with Gasteiger partial charge in [0.1, 0.15) is 5.25 Å². The zero-order valence-electron chi connectivity index (χ0n) is 7.93. The van der Waals surface area contributed by atoms with Crippen molar-refractivity contribution in [2.75, 3.05) is 5.73 Å². The SMILES string of the molecule is CCC(Sc1ccccc1N)C(=O)O. The summed E-state index contributed by atoms with van der Waals surface area (Å²) in [5, 5.41) is 8.45. The van der Waals surface area contributed by atoms with Crippen molar-refractivity contribution >= 4 is 23.4 Å². The molecular weight excluding hydrogens is 198 g/mol. The molecule has 0 saturated carbocycles. The van der Waals surface area contributed by atoms with Crippen LogP contribution in [0.1, 0.15) is 13.3 Å². The molecule has 1 atom stereocenters. The molecule has 1 unspecified atom stereocenters. The second-order valence-electron chi connectivity index (χ2n) is 2.89. The minimum atomic E-state index is -0.791. The average molecular weight is 211 g/mol. The number of hydrogen-bond acceptors (Lipinski definition) is 3. The van der Waals surface area contributed by atoms with E-state index in [2.05, 4.69) is 0 Å². The van der Waals surface area contributed by atoms with Gasteiger partial charge in [0, 0.05) is 10.6 Å². The number of nitrogens with two attached hydrogens (primary N) is 1. The molecule has 0 aliphatic heterocycles. The number of benzene rings is 1. The Bertz CT molecular complexity index is 328. The van der Waals surface area contributed by atoms with E-state index in [0.29, 0.717) is 12.1 Å². The molecule has 76 valence electrons. The first-order valence-corrected chi connectivity index (χ1v) is 5.27. The zero-order chi connectivity index (χ0) is 10.6. The van der Waals surface area contributed by atoms with Crippen LogP contribution in [0.5, 0.6) is 0 Å². The number of carboxylic acid groups (broad SMARTS) is 1. The van der Waals surface area contributed by atoms with Crippen LogP contribution >= 0.6 is 11.8 Å². The smallest absolute Gasteiger partial charge is 0.316 e. The summed E-state index contributed by atoms with van der Waals surface area (Å²) in [6.07, 6.45) is 0.592. The molecule has 0 fully saturated rings. The van der Waals surface area contributed by atoms with E-state index in [-0.39, 0.29) is 0 Å². The molecule has 0 saturated heterocycles. The van der Waals surface area contributed by atoms with Crippen molar-refractivity contribution in [3.63, 3.8) is 0 Å². The maximum absolute atomic E-state index is 10.8. The van der Waals surface area contributed by atoms with Gasteiger partial charge < -0.3 is 10.8 Å². The van der Waals surface area contributed by atoms with Crippen LogP contribution in [-0.4, -0.2) is 16.3 Å². The summed E-state index contributed by atoms with van der Waals surface area (Å²) in [6.45, 7) is 1.85. The molecule has 0 bridgehead atoms. The van der Waals surface area contributed by atoms with Gasteiger partial charge in [0.15, 0.2) is 0 Å². The van der Waals surface area contributed by atoms with Crippen LogP contribution in [0.15, 0.2) is 29.2 Å². The summed E-state index contributed by atoms with van der Waals surface area (Å²) < 4.78 is 0. The van der Waals surface area contributed by atoms with Crippen LogP contribution in [0.4, 0.5) is 5.69 Å². The standard InChI is InChI=1S/C10H13NO2S/c1-2-8(10(12)13)14-9-6-4-3-5-7(9)11/h3-6,8H,2,11H2,1H3,(H,12,13). The predicted octanol–water partition coefficient (Wildman–Crippen LogP) is 2.22. The van der Waals surface area contributed by atoms with Gasteiger partial charge in [0.2, 0.25) is 0 Å². The molecule has 1 rings (SSSR count). The molecule has 0 aliphatic carbocycles. The molecule has 0 amide bonds. The lowest BCUT2D eigenvalue weighted by atomic mass is 10.3. The van der Waals surface area contributed by atoms with Crippen molar-refractivity contribution in [3.05, 3.63) is 24.3 Å². The topological polar surface area (TPSA) is 63.3 Å². The fourth-order valence-electron chi connectivity index (χ4n) is 1.05. The number of anilines is 1. The van der Waals surface area contributed by atoms with Gasteiger partial charge in [-0.3, -0.25) is 4.79 Å². The summed E-state index contributed by atoms with van der Waals surface area (Å²) in [5.41, 5.74) is 6.35. The third kappa shape index (κ3) is 2.67. The van der Waals surface area contributed by atoms with Crippen molar-refractivity contribution in [1.29, 1.82) is 0 Å². The molecule has 3 N–H and O–H groups in total. The lowest BCUT2D eigenvalue weighted by Crippen LogP contribution is -2.14. The molecule has 0 aromatic heterocycles. The Hall–Kier alpha value is -1.16. The quantitative estimate of drug-likeness (QED) is 0.592. The first-order valence-electron chi connectivity index (χ1n) is 4.39. The lowest BCUT2D eigenvalue weighted by Gasteiger charge is -2.10. The van der Waals surface area contributed by atoms with Gasteiger partial charge in [-0.2, -0.15) is 0 Å². The van der Waals surface area contributed by atoms with Gasteiger partial charge >= 0.3 is 5.97 Å². The fraction of sp³-hybridized carbons (Fsp3) is 0.300. The Kier molecular flexibility index (Phi) is 3.83. The third-order valence-corrected chi connectivity index (χ3v) is 3.28. The molecule has 3 nitrogen and oxygen atoms in total. The highest BCUT2D eigenvalue weighted by atomic mass is 32.2. The number of carbonyl (C=O) groups is 1. The Labute approximate surface area is 87.3 Å². The van der Waals surface area contributed by atoms with Crippen molar-refractivity contribution < 1.29 is 9.90 Å². The highest BCUT2D eigenvalue weighted by Gasteiger charge is 2.17. The van der Waals surface area contributed by atoms with Crippen molar-refractivity contribution in [2.45, 2.75) is 23.5 Å². The van der Waals surface area contributed by atoms with Crippen molar-refractivity contribution in [2.24, 2.45) is 0 Å². The van der Waals surface area contributed by atoms with Crippen LogP contribution in [0.2, 0.25) is 0 Å². The van der Waals surface area contributed by atoms with Gasteiger partial charge in [-0.15, -0.1) is 11.8 Å². The number of hydrogen-bond donors (Lipinski definition) is 2. The number of aliphatic carboxylic acids is 1. The third-order valence-electron chi connectivity index (χ3n) is 1.83. The number of thioether (sulfide) groups is 1. The van der Waals surface area contributed by atoms with Gasteiger partial charge in [0.05, 0.1) is 0 Å². The fourth-order valence-corrected chi connectivity index (χ4v) is 1.98. The second kappa shape index (κ2) is 4.91. The van der Waals surface area contributed by atoms with E-state index >= 15 is 0 Å². The predicted molar refractivity (Wildman–Crippen MR) is 58.4 cm³/mol. The molecular formula is C10H13NO2S. The van der Waals surface area contributed by atoms with Gasteiger partial charge in [-0.1, -0.05) is 19.1 Å². The van der Waals surface area contributed by atoms with Crippen LogP contribution < -0.4 is 5.73 Å². The molecule has 1 aromatic rings. The average Bonchev–Trinajstić information content (AvgIpc) is 2.16. The largest absolute Gasteiger partial charge is 0.480 e. The summed E-state index contributed by atoms with van der Waals surface area (Å²) in [5.74, 6) is -0.791. The van der Waals surface area contributed by atoms with Crippen LogP contribution in [-0.2, 0) is 4.79 Å². The maximum Gasteiger partial charge on any atom is 0.316 e. The van der Waals surface area contributed by atoms with E-state index in [1.807, 2.05) is 25.1 Å². The second-order valence-corrected chi connectivity index (χ2v) is 4.14. The van der Waals surface area contributed by atoms with Crippen LogP contribution in [0.3, 0.4) is 0 Å². The zero-order valence-corrected chi connectivity index (χ0v) is 8.75. The van der Waals surface area contributed by atoms with E-state index in [4.69, 9.17) is 10.8 Å². The summed E-state index contributed by atoms with van der Waals surface area (Å²) in [6, 6.07) is 7.30. The molecule has 14 heavy (non-hydrogen) atoms. The maximum atomic E-state index is 10.8. The molecule has 4 heteroatoms. The Morgan fingerprint density at radius 3 is 2.71 bits per heavy atom. The van der Waals surface area contributed by atoms with E-state index in [1.165, 1.54) is 11.8 Å². The van der Waals surface area contributed by atoms with E-state index in [1.54, 1.807) is 6.07 Å². The van der Waals surface area contributed by atoms with Crippen molar-refractivity contribution in [1.82, 2.24) is 0 Å². The number of para-hydroxylation sites is 1. The first kappa shape index (κ1) is 10.9.